The van der Waals surface area contributed by atoms with Crippen molar-refractivity contribution < 1.29 is 0 Å². The molecule has 2 rings (SSSR count). The van der Waals surface area contributed by atoms with Gasteiger partial charge in [0.2, 0.25) is 0 Å². The highest BCUT2D eigenvalue weighted by Gasteiger charge is 2.26. The molecule has 1 aromatic rings. The minimum atomic E-state index is 0.657. The maximum Gasteiger partial charge on any atom is 0.00977 e. The SMILES string of the molecule is CC(CCNC1CCCCC1C(C)C)c1ccccc1. The van der Waals surface area contributed by atoms with Crippen LogP contribution >= 0.6 is 0 Å². The van der Waals surface area contributed by atoms with Gasteiger partial charge in [-0.3, -0.25) is 0 Å². The lowest BCUT2D eigenvalue weighted by molar-refractivity contribution is 0.205. The van der Waals surface area contributed by atoms with E-state index in [-0.39, 0.29) is 0 Å². The minimum Gasteiger partial charge on any atom is -0.314 e. The molecule has 1 aromatic carbocycles. The van der Waals surface area contributed by atoms with Crippen LogP contribution in [0.5, 0.6) is 0 Å². The van der Waals surface area contributed by atoms with Crippen molar-refractivity contribution >= 4 is 0 Å². The summed E-state index contributed by atoms with van der Waals surface area (Å²) in [5.74, 6) is 2.36. The molecule has 3 unspecified atom stereocenters. The molecule has 0 saturated heterocycles. The molecule has 0 bridgehead atoms. The Morgan fingerprint density at radius 1 is 1.05 bits per heavy atom. The molecule has 0 aliphatic heterocycles. The van der Waals surface area contributed by atoms with Crippen LogP contribution < -0.4 is 5.32 Å². The average molecular weight is 273 g/mol. The maximum absolute atomic E-state index is 3.85. The van der Waals surface area contributed by atoms with E-state index in [1.807, 2.05) is 0 Å². The summed E-state index contributed by atoms with van der Waals surface area (Å²) in [4.78, 5) is 0. The summed E-state index contributed by atoms with van der Waals surface area (Å²) in [5.41, 5.74) is 1.47. The molecule has 1 fully saturated rings. The third-order valence-electron chi connectivity index (χ3n) is 5.03. The van der Waals surface area contributed by atoms with E-state index in [2.05, 4.69) is 56.4 Å². The largest absolute Gasteiger partial charge is 0.314 e. The summed E-state index contributed by atoms with van der Waals surface area (Å²) in [6.45, 7) is 8.27. The highest BCUT2D eigenvalue weighted by Crippen LogP contribution is 2.30. The molecule has 0 heterocycles. The first kappa shape index (κ1) is 15.6. The quantitative estimate of drug-likeness (QED) is 0.770. The first-order valence-corrected chi connectivity index (χ1v) is 8.47. The molecule has 1 aliphatic rings. The summed E-state index contributed by atoms with van der Waals surface area (Å²) < 4.78 is 0. The van der Waals surface area contributed by atoms with Crippen molar-refractivity contribution in [3.8, 4) is 0 Å². The Bertz CT molecular complexity index is 371. The van der Waals surface area contributed by atoms with E-state index in [0.29, 0.717) is 5.92 Å². The monoisotopic (exact) mass is 273 g/mol. The van der Waals surface area contributed by atoms with E-state index in [4.69, 9.17) is 0 Å². The lowest BCUT2D eigenvalue weighted by Crippen LogP contribution is -2.41. The van der Waals surface area contributed by atoms with E-state index in [1.54, 1.807) is 0 Å². The van der Waals surface area contributed by atoms with E-state index >= 15 is 0 Å². The van der Waals surface area contributed by atoms with Crippen LogP contribution in [0, 0.1) is 11.8 Å². The molecule has 1 aliphatic carbocycles. The van der Waals surface area contributed by atoms with Crippen LogP contribution in [0.4, 0.5) is 0 Å². The summed E-state index contributed by atoms with van der Waals surface area (Å²) in [5, 5.41) is 3.85. The van der Waals surface area contributed by atoms with Gasteiger partial charge in [0.25, 0.3) is 0 Å². The fourth-order valence-electron chi connectivity index (χ4n) is 3.64. The molecule has 1 heteroatoms. The smallest absolute Gasteiger partial charge is 0.00977 e. The van der Waals surface area contributed by atoms with Gasteiger partial charge < -0.3 is 5.32 Å². The van der Waals surface area contributed by atoms with Gasteiger partial charge in [-0.25, -0.2) is 0 Å². The predicted molar refractivity (Wildman–Crippen MR) is 88.1 cm³/mol. The predicted octanol–water partition coefficient (Wildman–Crippen LogP) is 4.98. The summed E-state index contributed by atoms with van der Waals surface area (Å²) >= 11 is 0. The summed E-state index contributed by atoms with van der Waals surface area (Å²) in [7, 11) is 0. The third-order valence-corrected chi connectivity index (χ3v) is 5.03. The standard InChI is InChI=1S/C19H31N/c1-15(2)18-11-7-8-12-19(18)20-14-13-16(3)17-9-5-4-6-10-17/h4-6,9-10,15-16,18-20H,7-8,11-14H2,1-3H3. The Morgan fingerprint density at radius 3 is 2.45 bits per heavy atom. The van der Waals surface area contributed by atoms with Gasteiger partial charge in [-0.2, -0.15) is 0 Å². The van der Waals surface area contributed by atoms with Crippen molar-refractivity contribution in [3.63, 3.8) is 0 Å². The fraction of sp³-hybridized carbons (Fsp3) is 0.684. The minimum absolute atomic E-state index is 0.657. The maximum atomic E-state index is 3.85. The van der Waals surface area contributed by atoms with Crippen LogP contribution in [-0.2, 0) is 0 Å². The Hall–Kier alpha value is -0.820. The van der Waals surface area contributed by atoms with Crippen molar-refractivity contribution in [2.24, 2.45) is 11.8 Å². The summed E-state index contributed by atoms with van der Waals surface area (Å²) in [6, 6.07) is 11.7. The highest BCUT2D eigenvalue weighted by atomic mass is 14.9. The Kier molecular flexibility index (Phi) is 6.09. The van der Waals surface area contributed by atoms with Crippen molar-refractivity contribution in [1.29, 1.82) is 0 Å². The number of nitrogens with one attached hydrogen (secondary N) is 1. The molecule has 3 atom stereocenters. The zero-order chi connectivity index (χ0) is 14.4. The Balaban J connectivity index is 1.77. The lowest BCUT2D eigenvalue weighted by atomic mass is 9.78. The third kappa shape index (κ3) is 4.34. The highest BCUT2D eigenvalue weighted by molar-refractivity contribution is 5.18. The van der Waals surface area contributed by atoms with E-state index < -0.39 is 0 Å². The molecule has 0 aromatic heterocycles. The van der Waals surface area contributed by atoms with Gasteiger partial charge in [-0.15, -0.1) is 0 Å². The second-order valence-corrected chi connectivity index (χ2v) is 6.85. The van der Waals surface area contributed by atoms with E-state index in [0.717, 1.165) is 24.4 Å². The number of hydrogen-bond donors (Lipinski definition) is 1. The van der Waals surface area contributed by atoms with Crippen LogP contribution in [0.3, 0.4) is 0 Å². The van der Waals surface area contributed by atoms with Gasteiger partial charge in [-0.1, -0.05) is 63.9 Å². The van der Waals surface area contributed by atoms with Gasteiger partial charge in [-0.05, 0) is 49.1 Å². The normalized spacial score (nSPS) is 24.8. The van der Waals surface area contributed by atoms with E-state index in [1.165, 1.54) is 37.7 Å². The van der Waals surface area contributed by atoms with Gasteiger partial charge in [0, 0.05) is 6.04 Å². The number of hydrogen-bond acceptors (Lipinski definition) is 1. The molecule has 1 saturated carbocycles. The summed E-state index contributed by atoms with van der Waals surface area (Å²) in [6.07, 6.45) is 6.88. The Morgan fingerprint density at radius 2 is 1.75 bits per heavy atom. The molecule has 112 valence electrons. The topological polar surface area (TPSA) is 12.0 Å². The molecular formula is C19H31N. The Labute approximate surface area is 125 Å². The van der Waals surface area contributed by atoms with Crippen LogP contribution in [0.25, 0.3) is 0 Å². The van der Waals surface area contributed by atoms with Crippen molar-refractivity contribution in [1.82, 2.24) is 5.32 Å². The zero-order valence-corrected chi connectivity index (χ0v) is 13.4. The van der Waals surface area contributed by atoms with Gasteiger partial charge >= 0.3 is 0 Å². The van der Waals surface area contributed by atoms with Gasteiger partial charge in [0.15, 0.2) is 0 Å². The number of rotatable bonds is 6. The zero-order valence-electron chi connectivity index (χ0n) is 13.4. The van der Waals surface area contributed by atoms with Crippen LogP contribution in [0.15, 0.2) is 30.3 Å². The first-order chi connectivity index (χ1) is 9.68. The van der Waals surface area contributed by atoms with Crippen molar-refractivity contribution in [2.75, 3.05) is 6.54 Å². The molecule has 20 heavy (non-hydrogen) atoms. The van der Waals surface area contributed by atoms with Crippen molar-refractivity contribution in [2.45, 2.75) is 64.8 Å². The van der Waals surface area contributed by atoms with Gasteiger partial charge in [0.05, 0.1) is 0 Å². The molecule has 0 amide bonds. The van der Waals surface area contributed by atoms with Crippen LogP contribution in [0.2, 0.25) is 0 Å². The lowest BCUT2D eigenvalue weighted by Gasteiger charge is -2.35. The second kappa shape index (κ2) is 7.83. The number of benzene rings is 1. The second-order valence-electron chi connectivity index (χ2n) is 6.85. The molecule has 1 N–H and O–H groups in total. The van der Waals surface area contributed by atoms with Crippen molar-refractivity contribution in [3.05, 3.63) is 35.9 Å². The molecule has 0 radical (unpaired) electrons. The van der Waals surface area contributed by atoms with E-state index in [9.17, 15) is 0 Å². The van der Waals surface area contributed by atoms with Crippen LogP contribution in [0.1, 0.15) is 64.4 Å². The molecule has 1 nitrogen and oxygen atoms in total. The van der Waals surface area contributed by atoms with Gasteiger partial charge in [0.1, 0.15) is 0 Å². The average Bonchev–Trinajstić information content (AvgIpc) is 2.48. The molecular weight excluding hydrogens is 242 g/mol. The first-order valence-electron chi connectivity index (χ1n) is 8.47. The fourth-order valence-corrected chi connectivity index (χ4v) is 3.64. The van der Waals surface area contributed by atoms with Crippen LogP contribution in [-0.4, -0.2) is 12.6 Å². The molecule has 0 spiro atoms.